The molecule has 2 heterocycles. The van der Waals surface area contributed by atoms with Crippen molar-refractivity contribution in [1.29, 1.82) is 0 Å². The van der Waals surface area contributed by atoms with Gasteiger partial charge in [0.2, 0.25) is 5.95 Å². The molecule has 1 aliphatic heterocycles. The molecule has 1 aromatic carbocycles. The van der Waals surface area contributed by atoms with E-state index in [2.05, 4.69) is 15.5 Å². The van der Waals surface area contributed by atoms with E-state index < -0.39 is 0 Å². The van der Waals surface area contributed by atoms with Crippen molar-refractivity contribution in [3.05, 3.63) is 29.8 Å². The van der Waals surface area contributed by atoms with Crippen LogP contribution >= 0.6 is 0 Å². The van der Waals surface area contributed by atoms with Crippen LogP contribution in [0.15, 0.2) is 24.3 Å². The molecule has 1 N–H and O–H groups in total. The SMILES string of the molecule is Cc1ccc(-n2nnnc2N2CCC[C@H](O)C2)cc1. The van der Waals surface area contributed by atoms with Gasteiger partial charge in [0.25, 0.3) is 0 Å². The summed E-state index contributed by atoms with van der Waals surface area (Å²) < 4.78 is 1.72. The molecule has 1 aromatic heterocycles. The zero-order chi connectivity index (χ0) is 13.2. The Morgan fingerprint density at radius 3 is 2.79 bits per heavy atom. The lowest BCUT2D eigenvalue weighted by atomic mass is 10.1. The van der Waals surface area contributed by atoms with Crippen molar-refractivity contribution in [3.8, 4) is 5.69 Å². The summed E-state index contributed by atoms with van der Waals surface area (Å²) in [5.41, 5.74) is 2.14. The molecule has 0 bridgehead atoms. The topological polar surface area (TPSA) is 67.1 Å². The summed E-state index contributed by atoms with van der Waals surface area (Å²) in [7, 11) is 0. The van der Waals surface area contributed by atoms with Gasteiger partial charge in [0.05, 0.1) is 11.8 Å². The third kappa shape index (κ3) is 2.44. The van der Waals surface area contributed by atoms with Gasteiger partial charge in [0.1, 0.15) is 0 Å². The molecule has 0 radical (unpaired) electrons. The maximum Gasteiger partial charge on any atom is 0.250 e. The van der Waals surface area contributed by atoms with Crippen molar-refractivity contribution in [1.82, 2.24) is 20.2 Å². The number of piperidine rings is 1. The maximum absolute atomic E-state index is 9.76. The van der Waals surface area contributed by atoms with Crippen molar-refractivity contribution >= 4 is 5.95 Å². The zero-order valence-corrected chi connectivity index (χ0v) is 10.9. The Balaban J connectivity index is 1.91. The summed E-state index contributed by atoms with van der Waals surface area (Å²) in [6.45, 7) is 3.51. The van der Waals surface area contributed by atoms with Crippen LogP contribution < -0.4 is 4.90 Å². The molecule has 0 saturated carbocycles. The van der Waals surface area contributed by atoms with Crippen molar-refractivity contribution in [2.45, 2.75) is 25.9 Å². The lowest BCUT2D eigenvalue weighted by Gasteiger charge is -2.30. The monoisotopic (exact) mass is 259 g/mol. The van der Waals surface area contributed by atoms with E-state index in [0.29, 0.717) is 12.5 Å². The third-order valence-corrected chi connectivity index (χ3v) is 3.41. The van der Waals surface area contributed by atoms with E-state index in [9.17, 15) is 5.11 Å². The van der Waals surface area contributed by atoms with Gasteiger partial charge in [0, 0.05) is 13.1 Å². The number of rotatable bonds is 2. The highest BCUT2D eigenvalue weighted by atomic mass is 16.3. The van der Waals surface area contributed by atoms with Crippen molar-refractivity contribution in [2.24, 2.45) is 0 Å². The third-order valence-electron chi connectivity index (χ3n) is 3.41. The van der Waals surface area contributed by atoms with Crippen molar-refractivity contribution < 1.29 is 5.11 Å². The fraction of sp³-hybridized carbons (Fsp3) is 0.462. The average molecular weight is 259 g/mol. The highest BCUT2D eigenvalue weighted by Gasteiger charge is 2.22. The van der Waals surface area contributed by atoms with Crippen LogP contribution in [0.3, 0.4) is 0 Å². The molecule has 6 nitrogen and oxygen atoms in total. The predicted octanol–water partition coefficient (Wildman–Crippen LogP) is 0.932. The highest BCUT2D eigenvalue weighted by molar-refractivity contribution is 5.42. The summed E-state index contributed by atoms with van der Waals surface area (Å²) in [5, 5.41) is 21.7. The molecule has 6 heteroatoms. The zero-order valence-electron chi connectivity index (χ0n) is 10.9. The first-order valence-electron chi connectivity index (χ1n) is 6.52. The van der Waals surface area contributed by atoms with Crippen LogP contribution in [0.5, 0.6) is 0 Å². The minimum Gasteiger partial charge on any atom is -0.391 e. The van der Waals surface area contributed by atoms with Crippen LogP contribution in [0, 0.1) is 6.92 Å². The number of hydrogen-bond acceptors (Lipinski definition) is 5. The normalized spacial score (nSPS) is 19.7. The van der Waals surface area contributed by atoms with Gasteiger partial charge in [-0.15, -0.1) is 0 Å². The summed E-state index contributed by atoms with van der Waals surface area (Å²) in [5.74, 6) is 0.697. The highest BCUT2D eigenvalue weighted by Crippen LogP contribution is 2.20. The number of aryl methyl sites for hydroxylation is 1. The van der Waals surface area contributed by atoms with Gasteiger partial charge in [0.15, 0.2) is 0 Å². The maximum atomic E-state index is 9.76. The summed E-state index contributed by atoms with van der Waals surface area (Å²) in [4.78, 5) is 2.04. The second-order valence-electron chi connectivity index (χ2n) is 4.97. The molecule has 3 rings (SSSR count). The van der Waals surface area contributed by atoms with Crippen LogP contribution in [-0.4, -0.2) is 44.5 Å². The molecular formula is C13H17N5O. The smallest absolute Gasteiger partial charge is 0.250 e. The fourth-order valence-corrected chi connectivity index (χ4v) is 2.37. The summed E-state index contributed by atoms with van der Waals surface area (Å²) >= 11 is 0. The Morgan fingerprint density at radius 2 is 2.05 bits per heavy atom. The van der Waals surface area contributed by atoms with Gasteiger partial charge >= 0.3 is 0 Å². The molecule has 1 saturated heterocycles. The molecule has 100 valence electrons. The Hall–Kier alpha value is -1.95. The van der Waals surface area contributed by atoms with Gasteiger partial charge < -0.3 is 10.0 Å². The van der Waals surface area contributed by atoms with Crippen LogP contribution in [0.25, 0.3) is 5.69 Å². The molecule has 0 unspecified atom stereocenters. The van der Waals surface area contributed by atoms with Gasteiger partial charge in [-0.3, -0.25) is 0 Å². The first-order valence-corrected chi connectivity index (χ1v) is 6.52. The second kappa shape index (κ2) is 4.97. The molecule has 0 aliphatic carbocycles. The predicted molar refractivity (Wildman–Crippen MR) is 71.3 cm³/mol. The van der Waals surface area contributed by atoms with Gasteiger partial charge in [-0.1, -0.05) is 22.8 Å². The lowest BCUT2D eigenvalue weighted by Crippen LogP contribution is -2.39. The van der Waals surface area contributed by atoms with Crippen LogP contribution in [0.4, 0.5) is 5.95 Å². The number of aliphatic hydroxyl groups is 1. The van der Waals surface area contributed by atoms with E-state index in [1.807, 2.05) is 36.1 Å². The van der Waals surface area contributed by atoms with Gasteiger partial charge in [-0.25, -0.2) is 0 Å². The lowest BCUT2D eigenvalue weighted by molar-refractivity contribution is 0.153. The molecule has 2 aromatic rings. The van der Waals surface area contributed by atoms with Crippen molar-refractivity contribution in [3.63, 3.8) is 0 Å². The van der Waals surface area contributed by atoms with Crippen LogP contribution in [0.1, 0.15) is 18.4 Å². The number of benzene rings is 1. The van der Waals surface area contributed by atoms with E-state index in [1.165, 1.54) is 5.56 Å². The van der Waals surface area contributed by atoms with E-state index >= 15 is 0 Å². The Kier molecular flexibility index (Phi) is 3.16. The quantitative estimate of drug-likeness (QED) is 0.869. The molecule has 1 aliphatic rings. The minimum absolute atomic E-state index is 0.295. The number of nitrogens with zero attached hydrogens (tertiary/aromatic N) is 5. The Labute approximate surface area is 111 Å². The number of β-amino-alcohol motifs (C(OH)–C–C–N with tert-alkyl or cyclic N) is 1. The van der Waals surface area contributed by atoms with Gasteiger partial charge in [-0.2, -0.15) is 4.68 Å². The van der Waals surface area contributed by atoms with Gasteiger partial charge in [-0.05, 0) is 42.3 Å². The molecule has 1 atom stereocenters. The van der Waals surface area contributed by atoms with E-state index in [1.54, 1.807) is 4.68 Å². The number of aliphatic hydroxyl groups excluding tert-OH is 1. The van der Waals surface area contributed by atoms with Crippen molar-refractivity contribution in [2.75, 3.05) is 18.0 Å². The summed E-state index contributed by atoms with van der Waals surface area (Å²) in [6, 6.07) is 8.06. The largest absolute Gasteiger partial charge is 0.391 e. The number of tetrazole rings is 1. The minimum atomic E-state index is -0.295. The fourth-order valence-electron chi connectivity index (χ4n) is 2.37. The Bertz CT molecular complexity index is 550. The van der Waals surface area contributed by atoms with E-state index in [4.69, 9.17) is 0 Å². The molecule has 1 fully saturated rings. The Morgan fingerprint density at radius 1 is 1.26 bits per heavy atom. The average Bonchev–Trinajstić information content (AvgIpc) is 2.89. The second-order valence-corrected chi connectivity index (χ2v) is 4.97. The first kappa shape index (κ1) is 12.1. The molecule has 0 amide bonds. The van der Waals surface area contributed by atoms with E-state index in [-0.39, 0.29) is 6.10 Å². The molecule has 19 heavy (non-hydrogen) atoms. The van der Waals surface area contributed by atoms with E-state index in [0.717, 1.165) is 25.1 Å². The number of hydrogen-bond donors (Lipinski definition) is 1. The van der Waals surface area contributed by atoms with Crippen LogP contribution in [-0.2, 0) is 0 Å². The summed E-state index contributed by atoms with van der Waals surface area (Å²) in [6.07, 6.45) is 1.52. The standard InChI is InChI=1S/C13H17N5O/c1-10-4-6-11(7-5-10)18-13(14-15-16-18)17-8-2-3-12(19)9-17/h4-7,12,19H,2-3,8-9H2,1H3/t12-/m0/s1. The van der Waals surface area contributed by atoms with Crippen LogP contribution in [0.2, 0.25) is 0 Å². The molecular weight excluding hydrogens is 242 g/mol. The number of anilines is 1. The number of aromatic nitrogens is 4. The molecule has 0 spiro atoms. The first-order chi connectivity index (χ1) is 9.24.